The highest BCUT2D eigenvalue weighted by Gasteiger charge is 2.22. The second kappa shape index (κ2) is 9.01. The highest BCUT2D eigenvalue weighted by atomic mass is 35.5. The molecule has 4 nitrogen and oxygen atoms in total. The van der Waals surface area contributed by atoms with Crippen molar-refractivity contribution in [2.75, 3.05) is 27.2 Å². The van der Waals surface area contributed by atoms with Crippen LogP contribution in [0.15, 0.2) is 24.3 Å². The van der Waals surface area contributed by atoms with Gasteiger partial charge in [0, 0.05) is 20.0 Å². The number of nitrogens with zero attached hydrogens (tertiary/aromatic N) is 1. The highest BCUT2D eigenvalue weighted by Crippen LogP contribution is 2.24. The number of halogens is 1. The summed E-state index contributed by atoms with van der Waals surface area (Å²) in [7, 11) is 3.50. The summed E-state index contributed by atoms with van der Waals surface area (Å²) >= 11 is 0. The summed E-state index contributed by atoms with van der Waals surface area (Å²) < 4.78 is 5.23. The van der Waals surface area contributed by atoms with E-state index >= 15 is 0 Å². The molecule has 0 heterocycles. The number of ether oxygens (including phenoxy) is 1. The smallest absolute Gasteiger partial charge is 0.222 e. The van der Waals surface area contributed by atoms with Gasteiger partial charge in [0.2, 0.25) is 5.91 Å². The molecule has 0 aliphatic heterocycles. The number of nitrogens with two attached hydrogens (primary N) is 1. The van der Waals surface area contributed by atoms with Crippen molar-refractivity contribution in [2.45, 2.75) is 33.1 Å². The third-order valence-electron chi connectivity index (χ3n) is 3.79. The molecule has 0 radical (unpaired) electrons. The Morgan fingerprint density at radius 1 is 1.41 bits per heavy atom. The Morgan fingerprint density at radius 3 is 2.59 bits per heavy atom. The molecule has 0 aromatic heterocycles. The summed E-state index contributed by atoms with van der Waals surface area (Å²) in [6.07, 6.45) is 0.490. The van der Waals surface area contributed by atoms with Crippen molar-refractivity contribution in [3.63, 3.8) is 0 Å². The molecule has 0 fully saturated rings. The number of carbonyl (C=O) groups excluding carboxylic acids is 1. The van der Waals surface area contributed by atoms with E-state index < -0.39 is 0 Å². The summed E-state index contributed by atoms with van der Waals surface area (Å²) in [5.74, 6) is 1.13. The standard InChI is InChI=1S/C17H28N2O2.ClH/c1-13(14-7-6-8-15(10-14)21-5)9-16(20)19(4)12-17(2,3)11-18;/h6-8,10,13H,9,11-12,18H2,1-5H3;1H. The number of methoxy groups -OCH3 is 1. The normalized spacial score (nSPS) is 12.3. The van der Waals surface area contributed by atoms with Crippen molar-refractivity contribution in [2.24, 2.45) is 11.1 Å². The highest BCUT2D eigenvalue weighted by molar-refractivity contribution is 5.85. The van der Waals surface area contributed by atoms with Gasteiger partial charge in [-0.1, -0.05) is 32.9 Å². The van der Waals surface area contributed by atoms with E-state index in [-0.39, 0.29) is 29.6 Å². The number of hydrogen-bond donors (Lipinski definition) is 1. The molecule has 126 valence electrons. The number of hydrogen-bond acceptors (Lipinski definition) is 3. The fourth-order valence-corrected chi connectivity index (χ4v) is 2.28. The van der Waals surface area contributed by atoms with Crippen molar-refractivity contribution in [3.8, 4) is 5.75 Å². The lowest BCUT2D eigenvalue weighted by molar-refractivity contribution is -0.131. The number of carbonyl (C=O) groups is 1. The summed E-state index contributed by atoms with van der Waals surface area (Å²) in [4.78, 5) is 14.1. The van der Waals surface area contributed by atoms with Crippen molar-refractivity contribution in [1.29, 1.82) is 0 Å². The van der Waals surface area contributed by atoms with Gasteiger partial charge in [-0.05, 0) is 35.6 Å². The zero-order valence-corrected chi connectivity index (χ0v) is 15.1. The molecule has 0 bridgehead atoms. The molecule has 1 amide bonds. The maximum atomic E-state index is 12.3. The van der Waals surface area contributed by atoms with Crippen LogP contribution in [0.25, 0.3) is 0 Å². The molecular weight excluding hydrogens is 300 g/mol. The number of amides is 1. The molecule has 0 aliphatic rings. The Morgan fingerprint density at radius 2 is 2.05 bits per heavy atom. The van der Waals surface area contributed by atoms with Gasteiger partial charge in [0.15, 0.2) is 0 Å². The van der Waals surface area contributed by atoms with E-state index in [0.717, 1.165) is 11.3 Å². The van der Waals surface area contributed by atoms with Gasteiger partial charge in [-0.2, -0.15) is 0 Å². The Hall–Kier alpha value is -1.26. The van der Waals surface area contributed by atoms with Crippen LogP contribution in [0.3, 0.4) is 0 Å². The van der Waals surface area contributed by atoms with Crippen molar-refractivity contribution >= 4 is 18.3 Å². The SMILES string of the molecule is COc1cccc(C(C)CC(=O)N(C)CC(C)(C)CN)c1.Cl. The molecule has 0 saturated heterocycles. The average molecular weight is 329 g/mol. The topological polar surface area (TPSA) is 55.6 Å². The van der Waals surface area contributed by atoms with Gasteiger partial charge in [0.25, 0.3) is 0 Å². The zero-order valence-electron chi connectivity index (χ0n) is 14.3. The first-order chi connectivity index (χ1) is 9.79. The molecule has 1 aromatic rings. The van der Waals surface area contributed by atoms with Crippen LogP contribution >= 0.6 is 12.4 Å². The van der Waals surface area contributed by atoms with Crippen molar-refractivity contribution in [3.05, 3.63) is 29.8 Å². The predicted octanol–water partition coefficient (Wildman–Crippen LogP) is 3.05. The summed E-state index contributed by atoms with van der Waals surface area (Å²) in [6.45, 7) is 7.45. The third kappa shape index (κ3) is 6.24. The monoisotopic (exact) mass is 328 g/mol. The molecule has 22 heavy (non-hydrogen) atoms. The Labute approximate surface area is 140 Å². The van der Waals surface area contributed by atoms with Gasteiger partial charge in [0.05, 0.1) is 7.11 Å². The Kier molecular flexibility index (Phi) is 8.49. The van der Waals surface area contributed by atoms with Gasteiger partial charge >= 0.3 is 0 Å². The molecule has 1 aromatic carbocycles. The van der Waals surface area contributed by atoms with E-state index in [1.54, 1.807) is 12.0 Å². The van der Waals surface area contributed by atoms with Gasteiger partial charge in [-0.3, -0.25) is 4.79 Å². The van der Waals surface area contributed by atoms with Crippen LogP contribution < -0.4 is 10.5 Å². The quantitative estimate of drug-likeness (QED) is 0.837. The van der Waals surface area contributed by atoms with E-state index in [2.05, 4.69) is 20.8 Å². The maximum absolute atomic E-state index is 12.3. The fraction of sp³-hybridized carbons (Fsp3) is 0.588. The molecule has 1 rings (SSSR count). The van der Waals surface area contributed by atoms with Gasteiger partial charge in [-0.15, -0.1) is 12.4 Å². The van der Waals surface area contributed by atoms with Gasteiger partial charge in [0.1, 0.15) is 5.75 Å². The maximum Gasteiger partial charge on any atom is 0.222 e. The second-order valence-corrected chi connectivity index (χ2v) is 6.50. The van der Waals surface area contributed by atoms with Crippen LogP contribution in [0.2, 0.25) is 0 Å². The number of benzene rings is 1. The van der Waals surface area contributed by atoms with Crippen LogP contribution in [0, 0.1) is 5.41 Å². The largest absolute Gasteiger partial charge is 0.497 e. The first kappa shape index (κ1) is 20.7. The van der Waals surface area contributed by atoms with Crippen LogP contribution in [0.4, 0.5) is 0 Å². The minimum absolute atomic E-state index is 0. The molecule has 5 heteroatoms. The third-order valence-corrected chi connectivity index (χ3v) is 3.79. The molecular formula is C17H29ClN2O2. The van der Waals surface area contributed by atoms with E-state index in [1.807, 2.05) is 31.3 Å². The van der Waals surface area contributed by atoms with Crippen LogP contribution in [0.1, 0.15) is 38.7 Å². The Bertz CT molecular complexity index is 477. The van der Waals surface area contributed by atoms with E-state index in [1.165, 1.54) is 0 Å². The fourth-order valence-electron chi connectivity index (χ4n) is 2.28. The van der Waals surface area contributed by atoms with E-state index in [4.69, 9.17) is 10.5 Å². The van der Waals surface area contributed by atoms with Crippen LogP contribution in [-0.2, 0) is 4.79 Å². The summed E-state index contributed by atoms with van der Waals surface area (Å²) in [6, 6.07) is 7.89. The molecule has 0 saturated carbocycles. The van der Waals surface area contributed by atoms with Crippen LogP contribution in [-0.4, -0.2) is 38.1 Å². The lowest BCUT2D eigenvalue weighted by atomic mass is 9.92. The average Bonchev–Trinajstić information content (AvgIpc) is 2.46. The predicted molar refractivity (Wildman–Crippen MR) is 93.7 cm³/mol. The Balaban J connectivity index is 0.00000441. The molecule has 0 spiro atoms. The first-order valence-electron chi connectivity index (χ1n) is 7.37. The summed E-state index contributed by atoms with van der Waals surface area (Å²) in [5.41, 5.74) is 6.79. The van der Waals surface area contributed by atoms with Crippen molar-refractivity contribution < 1.29 is 9.53 Å². The molecule has 1 unspecified atom stereocenters. The van der Waals surface area contributed by atoms with Gasteiger partial charge < -0.3 is 15.4 Å². The lowest BCUT2D eigenvalue weighted by Gasteiger charge is -2.29. The lowest BCUT2D eigenvalue weighted by Crippen LogP contribution is -2.40. The van der Waals surface area contributed by atoms with Crippen molar-refractivity contribution in [1.82, 2.24) is 4.90 Å². The minimum atomic E-state index is -0.0520. The minimum Gasteiger partial charge on any atom is -0.497 e. The van der Waals surface area contributed by atoms with E-state index in [0.29, 0.717) is 19.5 Å². The molecule has 2 N–H and O–H groups in total. The molecule has 1 atom stereocenters. The zero-order chi connectivity index (χ0) is 16.0. The second-order valence-electron chi connectivity index (χ2n) is 6.50. The van der Waals surface area contributed by atoms with Gasteiger partial charge in [-0.25, -0.2) is 0 Å². The summed E-state index contributed by atoms with van der Waals surface area (Å²) in [5, 5.41) is 0. The number of rotatable bonds is 7. The van der Waals surface area contributed by atoms with E-state index in [9.17, 15) is 4.79 Å². The molecule has 0 aliphatic carbocycles. The first-order valence-corrected chi connectivity index (χ1v) is 7.37. The van der Waals surface area contributed by atoms with Crippen LogP contribution in [0.5, 0.6) is 5.75 Å².